The number of amides is 2. The lowest BCUT2D eigenvalue weighted by atomic mass is 9.94. The molecule has 1 aromatic carbocycles. The molecular formula is C20H27N5O2S. The second kappa shape index (κ2) is 8.79. The van der Waals surface area contributed by atoms with E-state index >= 15 is 0 Å². The van der Waals surface area contributed by atoms with Crippen LogP contribution < -0.4 is 10.2 Å². The Morgan fingerprint density at radius 2 is 2.11 bits per heavy atom. The van der Waals surface area contributed by atoms with Gasteiger partial charge in [0.15, 0.2) is 0 Å². The zero-order chi connectivity index (χ0) is 20.1. The molecule has 2 amide bonds. The lowest BCUT2D eigenvalue weighted by molar-refractivity contribution is -0.128. The number of hydrogen-bond donors (Lipinski definition) is 1. The highest BCUT2D eigenvalue weighted by molar-refractivity contribution is 7.10. The van der Waals surface area contributed by atoms with Gasteiger partial charge in [0.2, 0.25) is 12.3 Å². The maximum atomic E-state index is 12.4. The summed E-state index contributed by atoms with van der Waals surface area (Å²) >= 11 is 1.18. The second-order valence-electron chi connectivity index (χ2n) is 8.19. The van der Waals surface area contributed by atoms with Crippen LogP contribution >= 0.6 is 11.5 Å². The third-order valence-corrected chi connectivity index (χ3v) is 5.41. The molecule has 1 aromatic heterocycles. The average Bonchev–Trinajstić information content (AvgIpc) is 3.16. The van der Waals surface area contributed by atoms with Gasteiger partial charge in [-0.15, -0.1) is 5.10 Å². The third-order valence-electron chi connectivity index (χ3n) is 4.74. The molecule has 0 spiro atoms. The molecular weight excluding hydrogens is 374 g/mol. The smallest absolute Gasteiger partial charge is 0.223 e. The predicted octanol–water partition coefficient (Wildman–Crippen LogP) is 2.96. The van der Waals surface area contributed by atoms with E-state index in [1.807, 2.05) is 39.0 Å². The largest absolute Gasteiger partial charge is 0.351 e. The minimum absolute atomic E-state index is 0.0891. The van der Waals surface area contributed by atoms with Crippen LogP contribution in [0.5, 0.6) is 0 Å². The van der Waals surface area contributed by atoms with Crippen molar-refractivity contribution < 1.29 is 9.59 Å². The van der Waals surface area contributed by atoms with Gasteiger partial charge in [0.25, 0.3) is 0 Å². The number of carbonyl (C=O) groups excluding carboxylic acids is 2. The maximum absolute atomic E-state index is 12.4. The molecule has 0 bridgehead atoms. The standard InChI is InChI=1S/C20H27N5O2S/c1-20(2,3)22-19(27)16-7-9-24(10-8-16)13-15-5-4-6-17(11-15)25(14-26)18-12-21-23-28-18/h4-6,11-12,14,16H,7-10,13H2,1-3H3,(H,22,27). The summed E-state index contributed by atoms with van der Waals surface area (Å²) in [5.41, 5.74) is 1.75. The molecule has 150 valence electrons. The van der Waals surface area contributed by atoms with Crippen LogP contribution in [0.15, 0.2) is 30.5 Å². The first-order chi connectivity index (χ1) is 13.4. The Balaban J connectivity index is 1.58. The van der Waals surface area contributed by atoms with Crippen molar-refractivity contribution in [3.05, 3.63) is 36.0 Å². The van der Waals surface area contributed by atoms with Crippen molar-refractivity contribution in [2.75, 3.05) is 18.0 Å². The van der Waals surface area contributed by atoms with E-state index in [-0.39, 0.29) is 17.4 Å². The summed E-state index contributed by atoms with van der Waals surface area (Å²) in [4.78, 5) is 27.8. The SMILES string of the molecule is CC(C)(C)NC(=O)C1CCN(Cc2cccc(N(C=O)c3cnns3)c2)CC1. The molecule has 0 aliphatic carbocycles. The van der Waals surface area contributed by atoms with Gasteiger partial charge in [-0.1, -0.05) is 16.6 Å². The molecule has 28 heavy (non-hydrogen) atoms. The molecule has 1 N–H and O–H groups in total. The summed E-state index contributed by atoms with van der Waals surface area (Å²) in [6.07, 6.45) is 4.11. The summed E-state index contributed by atoms with van der Waals surface area (Å²) in [6, 6.07) is 7.95. The molecule has 2 heterocycles. The van der Waals surface area contributed by atoms with Gasteiger partial charge in [0, 0.05) is 35.2 Å². The van der Waals surface area contributed by atoms with E-state index in [0.717, 1.165) is 50.1 Å². The fourth-order valence-electron chi connectivity index (χ4n) is 3.40. The molecule has 1 saturated heterocycles. The summed E-state index contributed by atoms with van der Waals surface area (Å²) in [7, 11) is 0. The molecule has 0 atom stereocenters. The number of piperidine rings is 1. The first kappa shape index (κ1) is 20.4. The quantitative estimate of drug-likeness (QED) is 0.753. The van der Waals surface area contributed by atoms with Crippen LogP contribution in [-0.4, -0.2) is 45.4 Å². The normalized spacial score (nSPS) is 16.0. The molecule has 7 nitrogen and oxygen atoms in total. The zero-order valence-corrected chi connectivity index (χ0v) is 17.4. The molecule has 1 aliphatic heterocycles. The van der Waals surface area contributed by atoms with Crippen molar-refractivity contribution in [1.82, 2.24) is 19.8 Å². The number of rotatable bonds is 6. The zero-order valence-electron chi connectivity index (χ0n) is 16.6. The van der Waals surface area contributed by atoms with Gasteiger partial charge in [0.05, 0.1) is 6.20 Å². The number of likely N-dealkylation sites (tertiary alicyclic amines) is 1. The van der Waals surface area contributed by atoms with Crippen LogP contribution in [0.1, 0.15) is 39.2 Å². The van der Waals surface area contributed by atoms with E-state index in [1.165, 1.54) is 11.5 Å². The molecule has 0 unspecified atom stereocenters. The summed E-state index contributed by atoms with van der Waals surface area (Å²) in [5, 5.41) is 7.58. The van der Waals surface area contributed by atoms with Crippen LogP contribution in [0, 0.1) is 5.92 Å². The van der Waals surface area contributed by atoms with Crippen molar-refractivity contribution in [2.24, 2.45) is 5.92 Å². The lowest BCUT2D eigenvalue weighted by Crippen LogP contribution is -2.46. The Morgan fingerprint density at radius 1 is 1.36 bits per heavy atom. The third kappa shape index (κ3) is 5.36. The molecule has 3 rings (SSSR count). The Bertz CT molecular complexity index is 795. The maximum Gasteiger partial charge on any atom is 0.223 e. The average molecular weight is 402 g/mol. The predicted molar refractivity (Wildman–Crippen MR) is 110 cm³/mol. The van der Waals surface area contributed by atoms with Crippen molar-refractivity contribution in [3.63, 3.8) is 0 Å². The van der Waals surface area contributed by atoms with Crippen LogP contribution in [0.4, 0.5) is 10.7 Å². The number of carbonyl (C=O) groups is 2. The van der Waals surface area contributed by atoms with Gasteiger partial charge >= 0.3 is 0 Å². The summed E-state index contributed by atoms with van der Waals surface area (Å²) in [5.74, 6) is 0.250. The Hall–Kier alpha value is -2.32. The van der Waals surface area contributed by atoms with Crippen LogP contribution in [0.25, 0.3) is 0 Å². The van der Waals surface area contributed by atoms with Gasteiger partial charge in [-0.25, -0.2) is 0 Å². The highest BCUT2D eigenvalue weighted by atomic mass is 32.1. The number of benzene rings is 1. The summed E-state index contributed by atoms with van der Waals surface area (Å²) < 4.78 is 3.83. The topological polar surface area (TPSA) is 78.4 Å². The molecule has 0 radical (unpaired) electrons. The van der Waals surface area contributed by atoms with Crippen molar-refractivity contribution in [2.45, 2.75) is 45.7 Å². The van der Waals surface area contributed by atoms with E-state index in [2.05, 4.69) is 25.9 Å². The van der Waals surface area contributed by atoms with E-state index in [1.54, 1.807) is 11.1 Å². The van der Waals surface area contributed by atoms with Crippen molar-refractivity contribution in [1.29, 1.82) is 0 Å². The van der Waals surface area contributed by atoms with E-state index in [4.69, 9.17) is 0 Å². The van der Waals surface area contributed by atoms with Crippen LogP contribution in [-0.2, 0) is 16.1 Å². The Kier molecular flexibility index (Phi) is 6.41. The first-order valence-corrected chi connectivity index (χ1v) is 10.3. The van der Waals surface area contributed by atoms with Gasteiger partial charge in [-0.05, 0) is 64.4 Å². The highest BCUT2D eigenvalue weighted by Crippen LogP contribution is 2.27. The van der Waals surface area contributed by atoms with Crippen LogP contribution in [0.2, 0.25) is 0 Å². The number of aromatic nitrogens is 2. The second-order valence-corrected chi connectivity index (χ2v) is 8.95. The fraction of sp³-hybridized carbons (Fsp3) is 0.500. The monoisotopic (exact) mass is 401 g/mol. The molecule has 1 fully saturated rings. The van der Waals surface area contributed by atoms with Gasteiger partial charge in [0.1, 0.15) is 5.00 Å². The van der Waals surface area contributed by atoms with E-state index in [9.17, 15) is 9.59 Å². The lowest BCUT2D eigenvalue weighted by Gasteiger charge is -2.33. The van der Waals surface area contributed by atoms with Gasteiger partial charge in [-0.2, -0.15) is 0 Å². The van der Waals surface area contributed by atoms with Gasteiger partial charge in [-0.3, -0.25) is 19.4 Å². The number of nitrogens with zero attached hydrogens (tertiary/aromatic N) is 4. The molecule has 8 heteroatoms. The first-order valence-electron chi connectivity index (χ1n) is 9.51. The number of nitrogens with one attached hydrogen (secondary N) is 1. The van der Waals surface area contributed by atoms with Crippen molar-refractivity contribution in [3.8, 4) is 0 Å². The Labute approximate surface area is 169 Å². The minimum atomic E-state index is -0.188. The van der Waals surface area contributed by atoms with Crippen LogP contribution in [0.3, 0.4) is 0 Å². The van der Waals surface area contributed by atoms with E-state index in [0.29, 0.717) is 5.00 Å². The molecule has 2 aromatic rings. The summed E-state index contributed by atoms with van der Waals surface area (Å²) in [6.45, 7) is 8.62. The molecule has 0 saturated carbocycles. The number of hydrogen-bond acceptors (Lipinski definition) is 6. The minimum Gasteiger partial charge on any atom is -0.351 e. The Morgan fingerprint density at radius 3 is 2.71 bits per heavy atom. The molecule has 1 aliphatic rings. The highest BCUT2D eigenvalue weighted by Gasteiger charge is 2.27. The van der Waals surface area contributed by atoms with E-state index < -0.39 is 0 Å². The van der Waals surface area contributed by atoms with Crippen molar-refractivity contribution >= 4 is 34.5 Å². The fourth-order valence-corrected chi connectivity index (χ4v) is 3.90. The number of anilines is 2. The van der Waals surface area contributed by atoms with Gasteiger partial charge < -0.3 is 5.32 Å².